The van der Waals surface area contributed by atoms with E-state index in [9.17, 15) is 10.2 Å². The average Bonchev–Trinajstić information content (AvgIpc) is 2.74. The molecule has 5 atom stereocenters. The van der Waals surface area contributed by atoms with Gasteiger partial charge in [0.05, 0.1) is 36.4 Å². The summed E-state index contributed by atoms with van der Waals surface area (Å²) in [7, 11) is 0. The number of hydrogen-bond donors (Lipinski definition) is 4. The van der Waals surface area contributed by atoms with Gasteiger partial charge in [-0.05, 0) is 0 Å². The summed E-state index contributed by atoms with van der Waals surface area (Å²) in [6, 6.07) is -0.307. The SMILES string of the molecule is C#CCNC1=N[C@@H]2[C@@H](O)[C@H](O)[C@@H](CO)S[C@@H]2C1. The number of aliphatic hydroxyl groups is 3. The summed E-state index contributed by atoms with van der Waals surface area (Å²) in [5.41, 5.74) is 0. The molecule has 17 heavy (non-hydrogen) atoms. The second-order valence-electron chi connectivity index (χ2n) is 4.20. The Bertz CT molecular complexity index is 355. The van der Waals surface area contributed by atoms with Crippen LogP contribution in [-0.4, -0.2) is 63.1 Å². The first-order valence-corrected chi connectivity index (χ1v) is 6.48. The number of rotatable bonds is 2. The molecule has 1 saturated heterocycles. The molecule has 0 bridgehead atoms. The fraction of sp³-hybridized carbons (Fsp3) is 0.727. The molecule has 5 nitrogen and oxygen atoms in total. The highest BCUT2D eigenvalue weighted by atomic mass is 32.2. The average molecular weight is 256 g/mol. The van der Waals surface area contributed by atoms with Crippen LogP contribution in [-0.2, 0) is 0 Å². The van der Waals surface area contributed by atoms with Gasteiger partial charge in [-0.15, -0.1) is 18.2 Å². The quantitative estimate of drug-likeness (QED) is 0.456. The second-order valence-corrected chi connectivity index (χ2v) is 5.69. The predicted molar refractivity (Wildman–Crippen MR) is 66.9 cm³/mol. The lowest BCUT2D eigenvalue weighted by molar-refractivity contribution is -0.00798. The van der Waals surface area contributed by atoms with Crippen LogP contribution < -0.4 is 5.32 Å². The molecule has 6 heteroatoms. The highest BCUT2D eigenvalue weighted by Gasteiger charge is 2.46. The lowest BCUT2D eigenvalue weighted by Crippen LogP contribution is -2.51. The van der Waals surface area contributed by atoms with Crippen LogP contribution in [0.4, 0.5) is 0 Å². The monoisotopic (exact) mass is 256 g/mol. The van der Waals surface area contributed by atoms with Crippen LogP contribution >= 0.6 is 11.8 Å². The lowest BCUT2D eigenvalue weighted by Gasteiger charge is -2.37. The molecule has 2 heterocycles. The molecule has 0 aromatic heterocycles. The third-order valence-electron chi connectivity index (χ3n) is 3.09. The molecule has 0 aliphatic carbocycles. The van der Waals surface area contributed by atoms with Crippen molar-refractivity contribution in [3.05, 3.63) is 0 Å². The van der Waals surface area contributed by atoms with E-state index in [2.05, 4.69) is 16.2 Å². The zero-order chi connectivity index (χ0) is 12.4. The van der Waals surface area contributed by atoms with Crippen LogP contribution in [0.1, 0.15) is 6.42 Å². The first-order chi connectivity index (χ1) is 8.17. The molecule has 1 fully saturated rings. The summed E-state index contributed by atoms with van der Waals surface area (Å²) >= 11 is 1.48. The van der Waals surface area contributed by atoms with Gasteiger partial charge in [0.25, 0.3) is 0 Å². The van der Waals surface area contributed by atoms with Gasteiger partial charge in [-0.1, -0.05) is 5.92 Å². The van der Waals surface area contributed by atoms with Gasteiger partial charge in [-0.25, -0.2) is 0 Å². The number of amidine groups is 1. The molecule has 0 saturated carbocycles. The zero-order valence-corrected chi connectivity index (χ0v) is 10.1. The maximum absolute atomic E-state index is 9.94. The largest absolute Gasteiger partial charge is 0.395 e. The molecular weight excluding hydrogens is 240 g/mol. The second kappa shape index (κ2) is 5.27. The molecule has 0 spiro atoms. The van der Waals surface area contributed by atoms with Crippen molar-refractivity contribution in [3.8, 4) is 12.3 Å². The lowest BCUT2D eigenvalue weighted by atomic mass is 10.00. The summed E-state index contributed by atoms with van der Waals surface area (Å²) in [6.07, 6.45) is 4.00. The van der Waals surface area contributed by atoms with Gasteiger partial charge in [0.2, 0.25) is 0 Å². The van der Waals surface area contributed by atoms with Crippen molar-refractivity contribution >= 4 is 17.6 Å². The van der Waals surface area contributed by atoms with Crippen molar-refractivity contribution < 1.29 is 15.3 Å². The van der Waals surface area contributed by atoms with Gasteiger partial charge in [0.1, 0.15) is 6.10 Å². The van der Waals surface area contributed by atoms with E-state index in [1.165, 1.54) is 11.8 Å². The first-order valence-electron chi connectivity index (χ1n) is 5.54. The van der Waals surface area contributed by atoms with Crippen LogP contribution in [0.5, 0.6) is 0 Å². The smallest absolute Gasteiger partial charge is 0.104 e. The van der Waals surface area contributed by atoms with Gasteiger partial charge >= 0.3 is 0 Å². The van der Waals surface area contributed by atoms with E-state index >= 15 is 0 Å². The summed E-state index contributed by atoms with van der Waals surface area (Å²) in [5.74, 6) is 3.24. The third-order valence-corrected chi connectivity index (χ3v) is 4.66. The summed E-state index contributed by atoms with van der Waals surface area (Å²) in [5, 5.41) is 31.6. The molecule has 0 aromatic rings. The molecule has 4 N–H and O–H groups in total. The normalized spacial score (nSPS) is 40.4. The number of fused-ring (bicyclic) bond motifs is 1. The highest BCUT2D eigenvalue weighted by molar-refractivity contribution is 8.00. The van der Waals surface area contributed by atoms with Gasteiger partial charge in [0, 0.05) is 11.7 Å². The van der Waals surface area contributed by atoms with Crippen molar-refractivity contribution in [2.24, 2.45) is 4.99 Å². The van der Waals surface area contributed by atoms with Crippen LogP contribution in [0.3, 0.4) is 0 Å². The molecule has 2 aliphatic rings. The van der Waals surface area contributed by atoms with Crippen LogP contribution in [0.15, 0.2) is 4.99 Å². The van der Waals surface area contributed by atoms with Crippen molar-refractivity contribution in [2.45, 2.75) is 35.2 Å². The number of aliphatic imine (C=N–C) groups is 1. The number of terminal acetylenes is 1. The fourth-order valence-corrected chi connectivity index (χ4v) is 3.69. The molecule has 0 aromatic carbocycles. The maximum Gasteiger partial charge on any atom is 0.104 e. The number of aliphatic hydroxyl groups excluding tert-OH is 3. The van der Waals surface area contributed by atoms with Crippen molar-refractivity contribution in [1.29, 1.82) is 0 Å². The maximum atomic E-state index is 9.94. The molecule has 2 aliphatic heterocycles. The van der Waals surface area contributed by atoms with Crippen LogP contribution in [0.2, 0.25) is 0 Å². The minimum atomic E-state index is -0.929. The van der Waals surface area contributed by atoms with Crippen molar-refractivity contribution in [1.82, 2.24) is 5.32 Å². The Morgan fingerprint density at radius 3 is 2.88 bits per heavy atom. The van der Waals surface area contributed by atoms with Crippen molar-refractivity contribution in [3.63, 3.8) is 0 Å². The van der Waals surface area contributed by atoms with E-state index in [0.717, 1.165) is 5.84 Å². The van der Waals surface area contributed by atoms with Gasteiger partial charge in [-0.3, -0.25) is 4.99 Å². The molecule has 0 amide bonds. The molecule has 0 unspecified atom stereocenters. The predicted octanol–water partition coefficient (Wildman–Crippen LogP) is -1.42. The van der Waals surface area contributed by atoms with E-state index in [1.54, 1.807) is 0 Å². The Kier molecular flexibility index (Phi) is 3.94. The molecule has 2 rings (SSSR count). The topological polar surface area (TPSA) is 85.1 Å². The number of nitrogens with one attached hydrogen (secondary N) is 1. The van der Waals surface area contributed by atoms with Gasteiger partial charge in [0.15, 0.2) is 0 Å². The highest BCUT2D eigenvalue weighted by Crippen LogP contribution is 2.38. The molecule has 94 valence electrons. The van der Waals surface area contributed by atoms with E-state index < -0.39 is 12.2 Å². The zero-order valence-electron chi connectivity index (χ0n) is 9.28. The Labute approximate surface area is 104 Å². The van der Waals surface area contributed by atoms with E-state index in [1.807, 2.05) is 0 Å². The van der Waals surface area contributed by atoms with Gasteiger partial charge in [-0.2, -0.15) is 0 Å². The Hall–Kier alpha value is -0.740. The number of nitrogens with zero attached hydrogens (tertiary/aromatic N) is 1. The summed E-state index contributed by atoms with van der Waals surface area (Å²) in [4.78, 5) is 4.35. The third kappa shape index (κ3) is 2.43. The Morgan fingerprint density at radius 1 is 1.47 bits per heavy atom. The van der Waals surface area contributed by atoms with Gasteiger partial charge < -0.3 is 20.6 Å². The van der Waals surface area contributed by atoms with E-state index in [0.29, 0.717) is 13.0 Å². The minimum Gasteiger partial charge on any atom is -0.395 e. The Morgan fingerprint density at radius 2 is 2.24 bits per heavy atom. The van der Waals surface area contributed by atoms with Crippen molar-refractivity contribution in [2.75, 3.05) is 13.2 Å². The number of thioether (sulfide) groups is 1. The Balaban J connectivity index is 2.04. The van der Waals surface area contributed by atoms with Crippen LogP contribution in [0.25, 0.3) is 0 Å². The molecule has 0 radical (unpaired) electrons. The minimum absolute atomic E-state index is 0.103. The van der Waals surface area contributed by atoms with Crippen LogP contribution in [0, 0.1) is 12.3 Å². The first kappa shape index (κ1) is 12.7. The standard InChI is InChI=1S/C11H16N2O3S/c1-2-3-12-8-4-6-9(13-8)11(16)10(15)7(5-14)17-6/h1,6-7,9-11,14-16H,3-5H2,(H,12,13)/t6-,7-,9+,10-,11-/m1/s1. The number of hydrogen-bond acceptors (Lipinski definition) is 6. The molecular formula is C11H16N2O3S. The fourth-order valence-electron chi connectivity index (χ4n) is 2.20. The van der Waals surface area contributed by atoms with E-state index in [4.69, 9.17) is 11.5 Å². The van der Waals surface area contributed by atoms with E-state index in [-0.39, 0.29) is 23.1 Å². The summed E-state index contributed by atoms with van der Waals surface area (Å²) < 4.78 is 0. The summed E-state index contributed by atoms with van der Waals surface area (Å²) in [6.45, 7) is 0.268.